The van der Waals surface area contributed by atoms with E-state index in [4.69, 9.17) is 5.11 Å². The van der Waals surface area contributed by atoms with Gasteiger partial charge in [0.1, 0.15) is 5.25 Å². The van der Waals surface area contributed by atoms with Crippen LogP contribution >= 0.6 is 0 Å². The highest BCUT2D eigenvalue weighted by Crippen LogP contribution is 2.23. The lowest BCUT2D eigenvalue weighted by atomic mass is 10.0. The van der Waals surface area contributed by atoms with Gasteiger partial charge in [-0.05, 0) is 19.8 Å². The Labute approximate surface area is 81.0 Å². The summed E-state index contributed by atoms with van der Waals surface area (Å²) in [6.45, 7) is 1.53. The molecule has 0 aromatic heterocycles. The summed E-state index contributed by atoms with van der Waals surface area (Å²) in [7, 11) is -1.18. The van der Waals surface area contributed by atoms with Crippen LogP contribution in [0.4, 0.5) is 0 Å². The Bertz CT molecular complexity index is 209. The first-order valence-electron chi connectivity index (χ1n) is 4.75. The zero-order chi connectivity index (χ0) is 9.84. The van der Waals surface area contributed by atoms with Crippen molar-refractivity contribution in [3.05, 3.63) is 0 Å². The van der Waals surface area contributed by atoms with E-state index in [9.17, 15) is 9.00 Å². The van der Waals surface area contributed by atoms with E-state index >= 15 is 0 Å². The van der Waals surface area contributed by atoms with Crippen molar-refractivity contribution in [2.45, 2.75) is 49.5 Å². The first-order chi connectivity index (χ1) is 6.13. The van der Waals surface area contributed by atoms with Gasteiger partial charge in [0.05, 0.1) is 0 Å². The molecule has 0 radical (unpaired) electrons. The molecule has 1 fully saturated rings. The summed E-state index contributed by atoms with van der Waals surface area (Å²) in [5.74, 6) is -0.941. The molecule has 0 saturated heterocycles. The predicted octanol–water partition coefficient (Wildman–Crippen LogP) is 1.54. The van der Waals surface area contributed by atoms with Gasteiger partial charge in [0.25, 0.3) is 0 Å². The van der Waals surface area contributed by atoms with E-state index in [1.807, 2.05) is 0 Å². The second-order valence-corrected chi connectivity index (χ2v) is 5.60. The van der Waals surface area contributed by atoms with Gasteiger partial charge >= 0.3 is 5.97 Å². The van der Waals surface area contributed by atoms with E-state index in [2.05, 4.69) is 0 Å². The Morgan fingerprint density at radius 3 is 2.38 bits per heavy atom. The SMILES string of the molecule is CC(C(=O)O)S(=O)C1CCCCC1. The number of carbonyl (C=O) groups is 1. The van der Waals surface area contributed by atoms with Crippen LogP contribution in [0.3, 0.4) is 0 Å². The lowest BCUT2D eigenvalue weighted by Gasteiger charge is -2.22. The number of aliphatic carboxylic acids is 1. The fourth-order valence-corrected chi connectivity index (χ4v) is 3.26. The van der Waals surface area contributed by atoms with Crippen LogP contribution in [-0.4, -0.2) is 25.8 Å². The smallest absolute Gasteiger partial charge is 0.318 e. The molecule has 13 heavy (non-hydrogen) atoms. The summed E-state index contributed by atoms with van der Waals surface area (Å²) >= 11 is 0. The second-order valence-electron chi connectivity index (χ2n) is 3.57. The number of carboxylic acids is 1. The third kappa shape index (κ3) is 2.79. The van der Waals surface area contributed by atoms with Crippen LogP contribution in [-0.2, 0) is 15.6 Å². The first kappa shape index (κ1) is 10.7. The van der Waals surface area contributed by atoms with Gasteiger partial charge in [0.2, 0.25) is 0 Å². The molecule has 2 unspecified atom stereocenters. The minimum atomic E-state index is -1.18. The second kappa shape index (κ2) is 4.74. The number of hydrogen-bond acceptors (Lipinski definition) is 2. The highest BCUT2D eigenvalue weighted by Gasteiger charge is 2.27. The Morgan fingerprint density at radius 2 is 1.92 bits per heavy atom. The molecule has 0 spiro atoms. The summed E-state index contributed by atoms with van der Waals surface area (Å²) in [5, 5.41) is 8.11. The molecule has 0 aromatic carbocycles. The van der Waals surface area contributed by atoms with Crippen LogP contribution in [0.2, 0.25) is 0 Å². The van der Waals surface area contributed by atoms with E-state index in [0.29, 0.717) is 0 Å². The average Bonchev–Trinajstić information content (AvgIpc) is 2.17. The van der Waals surface area contributed by atoms with Crippen molar-refractivity contribution in [2.75, 3.05) is 0 Å². The van der Waals surface area contributed by atoms with Crippen LogP contribution < -0.4 is 0 Å². The Morgan fingerprint density at radius 1 is 1.38 bits per heavy atom. The van der Waals surface area contributed by atoms with Crippen molar-refractivity contribution < 1.29 is 14.1 Å². The highest BCUT2D eigenvalue weighted by molar-refractivity contribution is 7.87. The normalized spacial score (nSPS) is 23.8. The van der Waals surface area contributed by atoms with Gasteiger partial charge in [-0.15, -0.1) is 0 Å². The summed E-state index contributed by atoms with van der Waals surface area (Å²) in [5.41, 5.74) is 0. The molecule has 0 aliphatic heterocycles. The molecule has 1 aliphatic carbocycles. The fraction of sp³-hybridized carbons (Fsp3) is 0.889. The van der Waals surface area contributed by atoms with Crippen LogP contribution in [0.1, 0.15) is 39.0 Å². The van der Waals surface area contributed by atoms with Crippen molar-refractivity contribution in [1.82, 2.24) is 0 Å². The van der Waals surface area contributed by atoms with E-state index in [1.54, 1.807) is 0 Å². The van der Waals surface area contributed by atoms with Crippen molar-refractivity contribution in [2.24, 2.45) is 0 Å². The maximum atomic E-state index is 11.7. The third-order valence-corrected chi connectivity index (χ3v) is 4.60. The molecule has 3 nitrogen and oxygen atoms in total. The topological polar surface area (TPSA) is 54.4 Å². The molecular formula is C9H16O3S. The van der Waals surface area contributed by atoms with Crippen molar-refractivity contribution in [1.29, 1.82) is 0 Å². The lowest BCUT2D eigenvalue weighted by Crippen LogP contribution is -2.31. The van der Waals surface area contributed by atoms with Gasteiger partial charge < -0.3 is 5.11 Å². The van der Waals surface area contributed by atoms with Gasteiger partial charge in [-0.2, -0.15) is 0 Å². The number of rotatable bonds is 3. The molecule has 0 heterocycles. The molecule has 4 heteroatoms. The number of carboxylic acid groups (broad SMARTS) is 1. The Hall–Kier alpha value is -0.380. The maximum absolute atomic E-state index is 11.7. The molecule has 1 aliphatic rings. The molecular weight excluding hydrogens is 188 g/mol. The lowest BCUT2D eigenvalue weighted by molar-refractivity contribution is -0.136. The molecule has 1 saturated carbocycles. The molecule has 1 rings (SSSR count). The summed E-state index contributed by atoms with van der Waals surface area (Å²) < 4.78 is 11.7. The molecule has 0 bridgehead atoms. The van der Waals surface area contributed by atoms with Crippen molar-refractivity contribution in [3.8, 4) is 0 Å². The quantitative estimate of drug-likeness (QED) is 0.758. The standard InChI is InChI=1S/C9H16O3S/c1-7(9(10)11)13(12)8-5-3-2-4-6-8/h7-8H,2-6H2,1H3,(H,10,11). The van der Waals surface area contributed by atoms with Crippen LogP contribution in [0, 0.1) is 0 Å². The fourth-order valence-electron chi connectivity index (χ4n) is 1.69. The summed E-state index contributed by atoms with van der Waals surface area (Å²) in [6, 6.07) is 0. The van der Waals surface area contributed by atoms with Gasteiger partial charge in [0.15, 0.2) is 0 Å². The van der Waals surface area contributed by atoms with Gasteiger partial charge in [-0.25, -0.2) is 0 Å². The van der Waals surface area contributed by atoms with Gasteiger partial charge in [0, 0.05) is 16.0 Å². The van der Waals surface area contributed by atoms with Crippen molar-refractivity contribution in [3.63, 3.8) is 0 Å². The van der Waals surface area contributed by atoms with E-state index in [0.717, 1.165) is 25.7 Å². The van der Waals surface area contributed by atoms with Crippen molar-refractivity contribution >= 4 is 16.8 Å². The molecule has 2 atom stereocenters. The van der Waals surface area contributed by atoms with E-state index in [-0.39, 0.29) is 5.25 Å². The predicted molar refractivity (Wildman–Crippen MR) is 52.1 cm³/mol. The molecule has 0 aromatic rings. The summed E-state index contributed by atoms with van der Waals surface area (Å²) in [6.07, 6.45) is 5.27. The highest BCUT2D eigenvalue weighted by atomic mass is 32.2. The third-order valence-electron chi connectivity index (χ3n) is 2.58. The van der Waals surface area contributed by atoms with E-state index in [1.165, 1.54) is 13.3 Å². The average molecular weight is 204 g/mol. The molecule has 76 valence electrons. The van der Waals surface area contributed by atoms with E-state index < -0.39 is 22.0 Å². The van der Waals surface area contributed by atoms with Crippen LogP contribution in [0.25, 0.3) is 0 Å². The summed E-state index contributed by atoms with van der Waals surface area (Å²) in [4.78, 5) is 10.6. The Balaban J connectivity index is 2.50. The number of hydrogen-bond donors (Lipinski definition) is 1. The molecule has 0 amide bonds. The zero-order valence-electron chi connectivity index (χ0n) is 7.86. The largest absolute Gasteiger partial charge is 0.480 e. The van der Waals surface area contributed by atoms with Gasteiger partial charge in [-0.3, -0.25) is 9.00 Å². The van der Waals surface area contributed by atoms with Crippen LogP contribution in [0.15, 0.2) is 0 Å². The maximum Gasteiger partial charge on any atom is 0.318 e. The van der Waals surface area contributed by atoms with Crippen LogP contribution in [0.5, 0.6) is 0 Å². The first-order valence-corrected chi connectivity index (χ1v) is 6.02. The Kier molecular flexibility index (Phi) is 3.90. The monoisotopic (exact) mass is 204 g/mol. The van der Waals surface area contributed by atoms with Gasteiger partial charge in [-0.1, -0.05) is 19.3 Å². The molecule has 1 N–H and O–H groups in total. The zero-order valence-corrected chi connectivity index (χ0v) is 8.68. The minimum absolute atomic E-state index is 0.125. The minimum Gasteiger partial charge on any atom is -0.480 e.